The van der Waals surface area contributed by atoms with Gasteiger partial charge in [-0.15, -0.1) is 13.2 Å². The van der Waals surface area contributed by atoms with Gasteiger partial charge >= 0.3 is 6.18 Å². The summed E-state index contributed by atoms with van der Waals surface area (Å²) in [4.78, 5) is 27.1. The van der Waals surface area contributed by atoms with Crippen LogP contribution in [0.2, 0.25) is 0 Å². The average molecular weight is 570 g/mol. The Labute approximate surface area is 239 Å². The SMILES string of the molecule is C=C.C=O.CCCN(C)C(=O)c1ccc2c(c1)nc(Nc1ccc(C)cc1)n2Cc1ccccc1C(F)(F)F.CN. The van der Waals surface area contributed by atoms with Gasteiger partial charge in [0.05, 0.1) is 23.1 Å². The molecule has 220 valence electrons. The molecular weight excluding hydrogens is 531 g/mol. The lowest BCUT2D eigenvalue weighted by Crippen LogP contribution is -2.27. The van der Waals surface area contributed by atoms with Crippen LogP contribution in [0.15, 0.2) is 79.9 Å². The van der Waals surface area contributed by atoms with Gasteiger partial charge in [-0.2, -0.15) is 13.2 Å². The van der Waals surface area contributed by atoms with Crippen LogP contribution in [0.5, 0.6) is 0 Å². The summed E-state index contributed by atoms with van der Waals surface area (Å²) in [6.45, 7) is 12.6. The van der Waals surface area contributed by atoms with Crippen LogP contribution >= 0.6 is 0 Å². The number of nitrogens with two attached hydrogens (primary N) is 1. The maximum Gasteiger partial charge on any atom is 0.416 e. The van der Waals surface area contributed by atoms with Crippen molar-refractivity contribution in [2.24, 2.45) is 5.73 Å². The van der Waals surface area contributed by atoms with E-state index in [0.29, 0.717) is 29.1 Å². The molecule has 7 nitrogen and oxygen atoms in total. The Morgan fingerprint density at radius 3 is 2.22 bits per heavy atom. The lowest BCUT2D eigenvalue weighted by molar-refractivity contribution is -0.138. The Hall–Kier alpha value is -4.44. The van der Waals surface area contributed by atoms with Crippen molar-refractivity contribution in [1.82, 2.24) is 14.5 Å². The van der Waals surface area contributed by atoms with E-state index in [4.69, 9.17) is 4.79 Å². The van der Waals surface area contributed by atoms with E-state index in [-0.39, 0.29) is 18.0 Å². The molecular formula is C31H38F3N5O2. The highest BCUT2D eigenvalue weighted by Gasteiger charge is 2.33. The first-order valence-corrected chi connectivity index (χ1v) is 12.8. The molecule has 0 atom stereocenters. The Morgan fingerprint density at radius 1 is 1.02 bits per heavy atom. The number of imidazole rings is 1. The molecule has 1 aromatic heterocycles. The number of hydrogen-bond donors (Lipinski definition) is 2. The van der Waals surface area contributed by atoms with Gasteiger partial charge in [0.25, 0.3) is 5.91 Å². The van der Waals surface area contributed by atoms with Crippen molar-refractivity contribution in [3.8, 4) is 0 Å². The molecule has 41 heavy (non-hydrogen) atoms. The summed E-state index contributed by atoms with van der Waals surface area (Å²) < 4.78 is 42.7. The number of nitrogens with zero attached hydrogens (tertiary/aromatic N) is 3. The lowest BCUT2D eigenvalue weighted by Gasteiger charge is -2.17. The van der Waals surface area contributed by atoms with Gasteiger partial charge in [-0.3, -0.25) is 4.79 Å². The molecule has 0 aliphatic rings. The molecule has 1 heterocycles. The third-order valence-electron chi connectivity index (χ3n) is 5.86. The second-order valence-electron chi connectivity index (χ2n) is 8.60. The fraction of sp³-hybridized carbons (Fsp3) is 0.258. The number of hydrogen-bond acceptors (Lipinski definition) is 5. The molecule has 10 heteroatoms. The van der Waals surface area contributed by atoms with Gasteiger partial charge in [-0.25, -0.2) is 4.98 Å². The number of rotatable bonds is 7. The Balaban J connectivity index is 0.00000131. The highest BCUT2D eigenvalue weighted by Crippen LogP contribution is 2.34. The summed E-state index contributed by atoms with van der Waals surface area (Å²) in [5.41, 5.74) is 7.43. The number of aromatic nitrogens is 2. The molecule has 3 N–H and O–H groups in total. The van der Waals surface area contributed by atoms with Crippen molar-refractivity contribution in [3.63, 3.8) is 0 Å². The number of fused-ring (bicyclic) bond motifs is 1. The molecule has 0 saturated carbocycles. The molecule has 0 bridgehead atoms. The summed E-state index contributed by atoms with van der Waals surface area (Å²) in [6, 6.07) is 18.3. The van der Waals surface area contributed by atoms with E-state index in [1.165, 1.54) is 19.2 Å². The molecule has 0 aliphatic carbocycles. The van der Waals surface area contributed by atoms with Crippen molar-refractivity contribution in [2.45, 2.75) is 33.0 Å². The highest BCUT2D eigenvalue weighted by molar-refractivity contribution is 5.97. The van der Waals surface area contributed by atoms with Crippen molar-refractivity contribution >= 4 is 35.4 Å². The number of aryl methyl sites for hydroxylation is 1. The summed E-state index contributed by atoms with van der Waals surface area (Å²) in [7, 11) is 3.24. The Bertz CT molecular complexity index is 1380. The van der Waals surface area contributed by atoms with Crippen LogP contribution in [-0.4, -0.2) is 47.8 Å². The maximum absolute atomic E-state index is 13.7. The molecule has 0 fully saturated rings. The number of alkyl halides is 3. The van der Waals surface area contributed by atoms with E-state index in [0.717, 1.165) is 23.7 Å². The largest absolute Gasteiger partial charge is 0.416 e. The van der Waals surface area contributed by atoms with Gasteiger partial charge in [0.2, 0.25) is 5.95 Å². The third-order valence-corrected chi connectivity index (χ3v) is 5.86. The summed E-state index contributed by atoms with van der Waals surface area (Å²) in [6.07, 6.45) is -3.64. The van der Waals surface area contributed by atoms with Gasteiger partial charge < -0.3 is 25.3 Å². The van der Waals surface area contributed by atoms with Crippen LogP contribution < -0.4 is 11.1 Å². The third kappa shape index (κ3) is 9.04. The van der Waals surface area contributed by atoms with E-state index in [2.05, 4.69) is 29.2 Å². The predicted molar refractivity (Wildman–Crippen MR) is 160 cm³/mol. The van der Waals surface area contributed by atoms with Crippen LogP contribution in [-0.2, 0) is 17.5 Å². The molecule has 0 unspecified atom stereocenters. The fourth-order valence-corrected chi connectivity index (χ4v) is 4.05. The molecule has 4 aromatic rings. The van der Waals surface area contributed by atoms with Crippen LogP contribution in [0.3, 0.4) is 0 Å². The molecule has 0 spiro atoms. The van der Waals surface area contributed by atoms with Crippen LogP contribution in [0, 0.1) is 6.92 Å². The monoisotopic (exact) mass is 569 g/mol. The predicted octanol–water partition coefficient (Wildman–Crippen LogP) is 6.83. The molecule has 4 rings (SSSR count). The highest BCUT2D eigenvalue weighted by atomic mass is 19.4. The van der Waals surface area contributed by atoms with Crippen molar-refractivity contribution in [3.05, 3.63) is 102 Å². The van der Waals surface area contributed by atoms with Crippen molar-refractivity contribution < 1.29 is 22.8 Å². The van der Waals surface area contributed by atoms with E-state index in [1.807, 2.05) is 44.9 Å². The first kappa shape index (κ1) is 34.6. The normalized spacial score (nSPS) is 10.2. The molecule has 1 amide bonds. The summed E-state index contributed by atoms with van der Waals surface area (Å²) in [5.74, 6) is 0.270. The summed E-state index contributed by atoms with van der Waals surface area (Å²) in [5, 5.41) is 3.23. The molecule has 0 radical (unpaired) electrons. The first-order valence-electron chi connectivity index (χ1n) is 12.8. The van der Waals surface area contributed by atoms with Gasteiger partial charge in [0, 0.05) is 24.8 Å². The zero-order valence-corrected chi connectivity index (χ0v) is 24.0. The van der Waals surface area contributed by atoms with Crippen LogP contribution in [0.25, 0.3) is 11.0 Å². The van der Waals surface area contributed by atoms with Gasteiger partial charge in [-0.1, -0.05) is 42.8 Å². The molecule has 3 aromatic carbocycles. The number of amides is 1. The number of anilines is 2. The van der Waals surface area contributed by atoms with Crippen LogP contribution in [0.4, 0.5) is 24.8 Å². The van der Waals surface area contributed by atoms with Crippen LogP contribution in [0.1, 0.15) is 40.4 Å². The average Bonchev–Trinajstić information content (AvgIpc) is 3.32. The number of carbonyl (C=O) groups excluding carboxylic acids is 2. The smallest absolute Gasteiger partial charge is 0.342 e. The topological polar surface area (TPSA) is 93.2 Å². The van der Waals surface area contributed by atoms with Gasteiger partial charge in [-0.05, 0) is 62.4 Å². The zero-order chi connectivity index (χ0) is 31.2. The van der Waals surface area contributed by atoms with E-state index >= 15 is 0 Å². The van der Waals surface area contributed by atoms with E-state index in [9.17, 15) is 18.0 Å². The van der Waals surface area contributed by atoms with Gasteiger partial charge in [0.1, 0.15) is 6.79 Å². The maximum atomic E-state index is 13.7. The standard InChI is InChI=1S/C27H27F3N4O.C2H4.CH5N.CH2O/c1-4-15-33(3)25(35)19-11-14-24-23(16-19)32-26(31-21-12-9-18(2)10-13-21)34(24)17-20-7-5-6-8-22(20)27(28,29)30;3*1-2/h5-14,16H,4,15,17H2,1-3H3,(H,31,32);1-2H2;2H2,1H3;1H2. The molecule has 0 saturated heterocycles. The number of nitrogens with one attached hydrogen (secondary N) is 1. The van der Waals surface area contributed by atoms with E-state index in [1.54, 1.807) is 40.8 Å². The van der Waals surface area contributed by atoms with E-state index < -0.39 is 11.7 Å². The van der Waals surface area contributed by atoms with Crippen molar-refractivity contribution in [1.29, 1.82) is 0 Å². The number of benzene rings is 3. The first-order chi connectivity index (χ1) is 19.7. The minimum absolute atomic E-state index is 0.0383. The second-order valence-corrected chi connectivity index (χ2v) is 8.60. The quantitative estimate of drug-likeness (QED) is 0.238. The summed E-state index contributed by atoms with van der Waals surface area (Å²) >= 11 is 0. The Morgan fingerprint density at radius 2 is 1.63 bits per heavy atom. The van der Waals surface area contributed by atoms with Crippen molar-refractivity contribution in [2.75, 3.05) is 26.0 Å². The minimum atomic E-state index is -4.47. The van der Waals surface area contributed by atoms with Gasteiger partial charge in [0.15, 0.2) is 0 Å². The lowest BCUT2D eigenvalue weighted by atomic mass is 10.1. The Kier molecular flexibility index (Phi) is 14.0. The number of halogens is 3. The fourth-order valence-electron chi connectivity index (χ4n) is 4.05. The minimum Gasteiger partial charge on any atom is -0.342 e. The molecule has 0 aliphatic heterocycles. The zero-order valence-electron chi connectivity index (χ0n) is 24.0. The number of carbonyl (C=O) groups is 2. The second kappa shape index (κ2) is 16.6.